The Bertz CT molecular complexity index is 612. The van der Waals surface area contributed by atoms with Crippen molar-refractivity contribution in [3.05, 3.63) is 0 Å². The molecule has 1 aliphatic carbocycles. The molecule has 1 saturated carbocycles. The van der Waals surface area contributed by atoms with Crippen LogP contribution in [0.2, 0.25) is 18.1 Å². The van der Waals surface area contributed by atoms with E-state index in [1.165, 1.54) is 0 Å². The zero-order chi connectivity index (χ0) is 24.1. The van der Waals surface area contributed by atoms with Gasteiger partial charge in [-0.3, -0.25) is 4.79 Å². The molecule has 0 aromatic heterocycles. The minimum absolute atomic E-state index is 0.0237. The Labute approximate surface area is 201 Å². The van der Waals surface area contributed by atoms with E-state index >= 15 is 0 Å². The van der Waals surface area contributed by atoms with E-state index in [9.17, 15) is 14.7 Å². The molecule has 3 aliphatic rings. The zero-order valence-corrected chi connectivity index (χ0v) is 22.4. The van der Waals surface area contributed by atoms with Crippen LogP contribution < -0.4 is 0 Å². The first kappa shape index (κ1) is 27.1. The van der Waals surface area contributed by atoms with Crippen molar-refractivity contribution in [3.63, 3.8) is 0 Å². The second-order valence-electron chi connectivity index (χ2n) is 11.9. The van der Waals surface area contributed by atoms with Crippen molar-refractivity contribution in [2.75, 3.05) is 6.61 Å². The van der Waals surface area contributed by atoms with Crippen molar-refractivity contribution in [3.8, 4) is 0 Å². The first-order valence-electron chi connectivity index (χ1n) is 13.4. The van der Waals surface area contributed by atoms with Crippen molar-refractivity contribution in [2.24, 2.45) is 11.8 Å². The number of esters is 1. The number of hydrogen-bond acceptors (Lipinski definition) is 6. The van der Waals surface area contributed by atoms with Gasteiger partial charge in [-0.05, 0) is 69.0 Å². The average molecular weight is 485 g/mol. The molecule has 2 N–H and O–H groups in total. The normalized spacial score (nSPS) is 31.5. The number of ether oxygens (including phenoxy) is 3. The van der Waals surface area contributed by atoms with Crippen LogP contribution in [0.1, 0.15) is 97.3 Å². The number of carbonyl (C=O) groups excluding carboxylic acids is 1. The minimum atomic E-state index is -2.12. The molecule has 0 bridgehead atoms. The summed E-state index contributed by atoms with van der Waals surface area (Å²) in [6.07, 6.45) is 12.0. The summed E-state index contributed by atoms with van der Waals surface area (Å²) in [5.74, 6) is 0.397. The Hall–Kier alpha value is -0.473. The second kappa shape index (κ2) is 12.0. The summed E-state index contributed by atoms with van der Waals surface area (Å²) in [7, 11) is -2.12. The van der Waals surface area contributed by atoms with Crippen LogP contribution in [0, 0.1) is 11.8 Å². The molecule has 2 aliphatic heterocycles. The molecule has 3 unspecified atom stereocenters. The predicted molar refractivity (Wildman–Crippen MR) is 131 cm³/mol. The molecule has 6 nitrogen and oxygen atoms in total. The van der Waals surface area contributed by atoms with Crippen molar-refractivity contribution in [2.45, 2.75) is 140 Å². The summed E-state index contributed by atoms with van der Waals surface area (Å²) < 4.78 is 17.7. The van der Waals surface area contributed by atoms with Gasteiger partial charge in [-0.25, -0.2) is 0 Å². The van der Waals surface area contributed by atoms with Gasteiger partial charge in [0.2, 0.25) is 0 Å². The van der Waals surface area contributed by atoms with Gasteiger partial charge in [0.25, 0.3) is 0 Å². The van der Waals surface area contributed by atoms with Crippen LogP contribution >= 0.6 is 0 Å². The van der Waals surface area contributed by atoms with E-state index in [-0.39, 0.29) is 47.4 Å². The molecule has 7 heteroatoms. The molecule has 2 heterocycles. The molecule has 2 saturated heterocycles. The van der Waals surface area contributed by atoms with E-state index in [1.54, 1.807) is 0 Å². The number of hydrogen-bond donors (Lipinski definition) is 2. The highest BCUT2D eigenvalue weighted by atomic mass is 28.4. The quantitative estimate of drug-likeness (QED) is 0.209. The van der Waals surface area contributed by atoms with Gasteiger partial charge in [0.15, 0.2) is 14.6 Å². The van der Waals surface area contributed by atoms with Gasteiger partial charge in [-0.15, -0.1) is 0 Å². The Balaban J connectivity index is 1.36. The minimum Gasteiger partial charge on any atom is -0.462 e. The molecule has 3 rings (SSSR count). The second-order valence-corrected chi connectivity index (χ2v) is 16.4. The maximum absolute atomic E-state index is 11.8. The third kappa shape index (κ3) is 7.76. The van der Waals surface area contributed by atoms with E-state index in [1.807, 2.05) is 13.1 Å². The van der Waals surface area contributed by atoms with Gasteiger partial charge in [-0.2, -0.15) is 0 Å². The van der Waals surface area contributed by atoms with E-state index < -0.39 is 8.32 Å². The van der Waals surface area contributed by atoms with Crippen LogP contribution in [-0.4, -0.2) is 55.4 Å². The molecule has 0 aromatic carbocycles. The summed E-state index contributed by atoms with van der Waals surface area (Å²) in [6, 6.07) is 0. The number of unbranched alkanes of at least 4 members (excludes halogenated alkanes) is 3. The Kier molecular flexibility index (Phi) is 9.84. The van der Waals surface area contributed by atoms with Crippen LogP contribution in [0.4, 0.5) is 0 Å². The molecular formula is C26H48O6Si. The number of aliphatic hydroxyl groups is 1. The maximum atomic E-state index is 11.8. The van der Waals surface area contributed by atoms with E-state index in [2.05, 4.69) is 13.8 Å². The SMILES string of the molecule is CC(C)(CCCCCCC(O)CCC1[C@H]2CC(=O)O[C@H]2C[C@H]1OC1CCCCO1)[Si](C)(C)O. The Morgan fingerprint density at radius 1 is 1.15 bits per heavy atom. The van der Waals surface area contributed by atoms with Crippen LogP contribution in [0.5, 0.6) is 0 Å². The van der Waals surface area contributed by atoms with Crippen LogP contribution in [0.15, 0.2) is 0 Å². The highest BCUT2D eigenvalue weighted by Crippen LogP contribution is 2.46. The highest BCUT2D eigenvalue weighted by molar-refractivity contribution is 6.72. The van der Waals surface area contributed by atoms with Crippen molar-refractivity contribution in [1.82, 2.24) is 0 Å². The van der Waals surface area contributed by atoms with Gasteiger partial charge in [0.1, 0.15) is 6.10 Å². The van der Waals surface area contributed by atoms with E-state index in [4.69, 9.17) is 14.2 Å². The topological polar surface area (TPSA) is 85.2 Å². The van der Waals surface area contributed by atoms with Crippen LogP contribution in [0.25, 0.3) is 0 Å². The fourth-order valence-electron chi connectivity index (χ4n) is 5.66. The van der Waals surface area contributed by atoms with Crippen molar-refractivity contribution < 1.29 is 28.9 Å². The Morgan fingerprint density at radius 3 is 2.61 bits per heavy atom. The van der Waals surface area contributed by atoms with Crippen LogP contribution in [0.3, 0.4) is 0 Å². The molecule has 0 radical (unpaired) electrons. The maximum Gasteiger partial charge on any atom is 0.306 e. The van der Waals surface area contributed by atoms with Gasteiger partial charge >= 0.3 is 5.97 Å². The van der Waals surface area contributed by atoms with Gasteiger partial charge in [-0.1, -0.05) is 39.5 Å². The van der Waals surface area contributed by atoms with Crippen molar-refractivity contribution >= 4 is 14.3 Å². The standard InChI is InChI=1S/C26H48O6Si/c1-26(2,33(3,4)29)15-9-6-5-7-11-19(27)13-14-20-21-17-24(28)31-23(21)18-22(20)32-25-12-8-10-16-30-25/h19-23,25,27,29H,5-18H2,1-4H3/t19?,20?,21-,22-,23+,25?/m1/s1. The third-order valence-corrected chi connectivity index (χ3v) is 12.3. The lowest BCUT2D eigenvalue weighted by Crippen LogP contribution is -2.38. The molecule has 0 amide bonds. The highest BCUT2D eigenvalue weighted by Gasteiger charge is 2.51. The lowest BCUT2D eigenvalue weighted by Gasteiger charge is -2.35. The summed E-state index contributed by atoms with van der Waals surface area (Å²) >= 11 is 0. The summed E-state index contributed by atoms with van der Waals surface area (Å²) in [5, 5.41) is 10.7. The first-order valence-corrected chi connectivity index (χ1v) is 16.4. The molecule has 0 aromatic rings. The Morgan fingerprint density at radius 2 is 1.91 bits per heavy atom. The first-order chi connectivity index (χ1) is 15.6. The van der Waals surface area contributed by atoms with Gasteiger partial charge in [0.05, 0.1) is 18.6 Å². The molecule has 0 spiro atoms. The summed E-state index contributed by atoms with van der Waals surface area (Å²) in [6.45, 7) is 9.20. The number of aliphatic hydroxyl groups excluding tert-OH is 1. The molecule has 6 atom stereocenters. The van der Waals surface area contributed by atoms with Gasteiger partial charge in [0, 0.05) is 18.9 Å². The zero-order valence-electron chi connectivity index (χ0n) is 21.4. The number of carbonyl (C=O) groups is 1. The third-order valence-electron chi connectivity index (χ3n) is 8.70. The lowest BCUT2D eigenvalue weighted by atomic mass is 9.86. The van der Waals surface area contributed by atoms with Crippen molar-refractivity contribution in [1.29, 1.82) is 0 Å². The monoisotopic (exact) mass is 484 g/mol. The molecular weight excluding hydrogens is 436 g/mol. The lowest BCUT2D eigenvalue weighted by molar-refractivity contribution is -0.197. The number of fused-ring (bicyclic) bond motifs is 1. The summed E-state index contributed by atoms with van der Waals surface area (Å²) in [5.41, 5.74) is 0. The molecule has 3 fully saturated rings. The van der Waals surface area contributed by atoms with E-state index in [0.29, 0.717) is 6.42 Å². The van der Waals surface area contributed by atoms with E-state index in [0.717, 1.165) is 83.7 Å². The smallest absolute Gasteiger partial charge is 0.306 e. The fraction of sp³-hybridized carbons (Fsp3) is 0.962. The fourth-order valence-corrected chi connectivity index (χ4v) is 6.45. The summed E-state index contributed by atoms with van der Waals surface area (Å²) in [4.78, 5) is 22.2. The molecule has 192 valence electrons. The molecule has 33 heavy (non-hydrogen) atoms. The predicted octanol–water partition coefficient (Wildman–Crippen LogP) is 5.31. The van der Waals surface area contributed by atoms with Gasteiger partial charge < -0.3 is 24.1 Å². The largest absolute Gasteiger partial charge is 0.462 e. The van der Waals surface area contributed by atoms with Crippen LogP contribution in [-0.2, 0) is 19.0 Å². The number of rotatable bonds is 13. The average Bonchev–Trinajstić information content (AvgIpc) is 3.24.